The lowest BCUT2D eigenvalue weighted by molar-refractivity contribution is -0.122. The Labute approximate surface area is 151 Å². The Hall–Kier alpha value is -0.0162. The zero-order chi connectivity index (χ0) is 19.4. The van der Waals surface area contributed by atoms with Gasteiger partial charge in [-0.25, -0.2) is 0 Å². The van der Waals surface area contributed by atoms with Crippen LogP contribution in [-0.2, 0) is 18.4 Å². The van der Waals surface area contributed by atoms with E-state index in [2.05, 4.69) is 67.7 Å². The Morgan fingerprint density at radius 3 is 1.71 bits per heavy atom. The Morgan fingerprint density at radius 1 is 0.917 bits per heavy atom. The lowest BCUT2D eigenvalue weighted by Crippen LogP contribution is -2.49. The normalized spacial score (nSPS) is 16.8. The summed E-state index contributed by atoms with van der Waals surface area (Å²) in [6.45, 7) is 22.8. The van der Waals surface area contributed by atoms with E-state index in [-0.39, 0.29) is 16.2 Å². The van der Waals surface area contributed by atoms with E-state index < -0.39 is 22.7 Å². The first kappa shape index (κ1) is 24.0. The minimum atomic E-state index is -1.98. The van der Waals surface area contributed by atoms with Crippen molar-refractivity contribution in [3.05, 3.63) is 0 Å². The van der Waals surface area contributed by atoms with Gasteiger partial charge in [-0.1, -0.05) is 41.5 Å². The van der Waals surface area contributed by atoms with Crippen LogP contribution in [0.2, 0.25) is 36.3 Å². The molecule has 0 amide bonds. The van der Waals surface area contributed by atoms with Gasteiger partial charge in [0.1, 0.15) is 6.10 Å². The lowest BCUT2D eigenvalue weighted by Gasteiger charge is -2.41. The van der Waals surface area contributed by atoms with Gasteiger partial charge in [0.15, 0.2) is 22.9 Å². The molecule has 0 bridgehead atoms. The van der Waals surface area contributed by atoms with Crippen molar-refractivity contribution in [3.8, 4) is 0 Å². The number of carbonyl (C=O) groups excluding carboxylic acids is 1. The molecular weight excluding hydrogens is 336 g/mol. The standard InChI is InChI=1S/C18H40O4Si2/c1-17(2,3)23(8,9)21-13-12-15(16(14-19)20-7)22-24(10,11)18(4,5)6/h14-16H,12-13H2,1-11H3/t15-,16-/m1/s1. The molecule has 4 nitrogen and oxygen atoms in total. The van der Waals surface area contributed by atoms with Crippen LogP contribution in [0.25, 0.3) is 0 Å². The molecule has 0 aromatic heterocycles. The van der Waals surface area contributed by atoms with Crippen LogP contribution >= 0.6 is 0 Å². The Bertz CT molecular complexity index is 395. The molecule has 0 aliphatic heterocycles. The number of hydrogen-bond acceptors (Lipinski definition) is 4. The smallest absolute Gasteiger partial charge is 0.192 e. The van der Waals surface area contributed by atoms with Crippen molar-refractivity contribution in [1.29, 1.82) is 0 Å². The third kappa shape index (κ3) is 6.71. The van der Waals surface area contributed by atoms with E-state index in [1.807, 2.05) is 0 Å². The second-order valence-electron chi connectivity index (χ2n) is 9.65. The van der Waals surface area contributed by atoms with Crippen LogP contribution in [0, 0.1) is 0 Å². The van der Waals surface area contributed by atoms with E-state index in [0.717, 1.165) is 6.29 Å². The fourth-order valence-corrected chi connectivity index (χ4v) is 4.21. The zero-order valence-electron chi connectivity index (χ0n) is 17.8. The average molecular weight is 377 g/mol. The van der Waals surface area contributed by atoms with Crippen LogP contribution in [0.5, 0.6) is 0 Å². The summed E-state index contributed by atoms with van der Waals surface area (Å²) in [5.41, 5.74) is 0. The largest absolute Gasteiger partial charge is 0.417 e. The Kier molecular flexibility index (Phi) is 8.57. The molecule has 0 unspecified atom stereocenters. The van der Waals surface area contributed by atoms with Crippen molar-refractivity contribution in [2.24, 2.45) is 0 Å². The fourth-order valence-electron chi connectivity index (χ4n) is 1.79. The van der Waals surface area contributed by atoms with E-state index in [4.69, 9.17) is 13.6 Å². The molecule has 0 saturated carbocycles. The second-order valence-corrected chi connectivity index (χ2v) is 19.2. The Balaban J connectivity index is 5.04. The van der Waals surface area contributed by atoms with E-state index in [0.29, 0.717) is 13.0 Å². The molecule has 144 valence electrons. The van der Waals surface area contributed by atoms with E-state index in [1.54, 1.807) is 7.11 Å². The van der Waals surface area contributed by atoms with Crippen molar-refractivity contribution < 1.29 is 18.4 Å². The molecule has 0 heterocycles. The van der Waals surface area contributed by atoms with Crippen molar-refractivity contribution in [2.75, 3.05) is 13.7 Å². The first-order valence-corrected chi connectivity index (χ1v) is 14.7. The predicted octanol–water partition coefficient (Wildman–Crippen LogP) is 5.00. The predicted molar refractivity (Wildman–Crippen MR) is 107 cm³/mol. The van der Waals surface area contributed by atoms with Gasteiger partial charge in [-0.15, -0.1) is 0 Å². The summed E-state index contributed by atoms with van der Waals surface area (Å²) >= 11 is 0. The first-order chi connectivity index (χ1) is 10.6. The molecule has 6 heteroatoms. The van der Waals surface area contributed by atoms with Crippen molar-refractivity contribution in [2.45, 2.75) is 96.4 Å². The monoisotopic (exact) mass is 376 g/mol. The summed E-state index contributed by atoms with van der Waals surface area (Å²) < 4.78 is 18.1. The van der Waals surface area contributed by atoms with Crippen LogP contribution in [0.15, 0.2) is 0 Å². The van der Waals surface area contributed by atoms with Crippen LogP contribution in [0.1, 0.15) is 48.0 Å². The summed E-state index contributed by atoms with van der Waals surface area (Å²) in [5, 5.41) is 0.265. The summed E-state index contributed by atoms with van der Waals surface area (Å²) in [5.74, 6) is 0. The number of carbonyl (C=O) groups is 1. The molecule has 0 rings (SSSR count). The minimum Gasteiger partial charge on any atom is -0.417 e. The van der Waals surface area contributed by atoms with Gasteiger partial charge < -0.3 is 18.4 Å². The van der Waals surface area contributed by atoms with Crippen molar-refractivity contribution in [3.63, 3.8) is 0 Å². The molecule has 2 atom stereocenters. The fraction of sp³-hybridized carbons (Fsp3) is 0.944. The summed E-state index contributed by atoms with van der Waals surface area (Å²) in [6.07, 6.45) is 0.737. The minimum absolute atomic E-state index is 0.0900. The van der Waals surface area contributed by atoms with Crippen LogP contribution in [0.4, 0.5) is 0 Å². The highest BCUT2D eigenvalue weighted by molar-refractivity contribution is 6.74. The molecule has 0 aromatic carbocycles. The van der Waals surface area contributed by atoms with E-state index in [9.17, 15) is 4.79 Å². The van der Waals surface area contributed by atoms with Gasteiger partial charge in [-0.3, -0.25) is 0 Å². The molecule has 24 heavy (non-hydrogen) atoms. The molecule has 0 saturated heterocycles. The molecule has 0 spiro atoms. The third-order valence-corrected chi connectivity index (χ3v) is 14.7. The van der Waals surface area contributed by atoms with Crippen LogP contribution < -0.4 is 0 Å². The molecule has 0 aliphatic rings. The maximum atomic E-state index is 11.4. The van der Waals surface area contributed by atoms with Crippen molar-refractivity contribution in [1.82, 2.24) is 0 Å². The van der Waals surface area contributed by atoms with Gasteiger partial charge in [0, 0.05) is 13.7 Å². The highest BCUT2D eigenvalue weighted by Gasteiger charge is 2.41. The topological polar surface area (TPSA) is 44.8 Å². The Morgan fingerprint density at radius 2 is 1.38 bits per heavy atom. The number of ether oxygens (including phenoxy) is 1. The summed E-state index contributed by atoms with van der Waals surface area (Å²) in [4.78, 5) is 11.4. The van der Waals surface area contributed by atoms with Gasteiger partial charge in [0.2, 0.25) is 0 Å². The van der Waals surface area contributed by atoms with Gasteiger partial charge >= 0.3 is 0 Å². The molecule has 0 aromatic rings. The van der Waals surface area contributed by atoms with Gasteiger partial charge in [0.25, 0.3) is 0 Å². The van der Waals surface area contributed by atoms with Crippen LogP contribution in [0.3, 0.4) is 0 Å². The quantitative estimate of drug-likeness (QED) is 0.419. The number of hydrogen-bond donors (Lipinski definition) is 0. The highest BCUT2D eigenvalue weighted by Crippen LogP contribution is 2.39. The third-order valence-electron chi connectivity index (χ3n) is 5.70. The van der Waals surface area contributed by atoms with Crippen molar-refractivity contribution >= 4 is 22.9 Å². The second kappa shape index (κ2) is 8.58. The van der Waals surface area contributed by atoms with E-state index in [1.165, 1.54) is 0 Å². The SMILES string of the molecule is CO[C@H](C=O)[C@@H](CCO[Si](C)(C)C(C)(C)C)O[Si](C)(C)C(C)(C)C. The number of rotatable bonds is 9. The maximum absolute atomic E-state index is 11.4. The molecule has 0 fully saturated rings. The average Bonchev–Trinajstić information content (AvgIpc) is 2.36. The lowest BCUT2D eigenvalue weighted by atomic mass is 10.2. The van der Waals surface area contributed by atoms with Crippen LogP contribution in [-0.4, -0.2) is 48.8 Å². The molecule has 0 N–H and O–H groups in total. The molecule has 0 aliphatic carbocycles. The molecular formula is C18H40O4Si2. The number of aldehydes is 1. The zero-order valence-corrected chi connectivity index (χ0v) is 19.8. The van der Waals surface area contributed by atoms with E-state index >= 15 is 0 Å². The highest BCUT2D eigenvalue weighted by atomic mass is 28.4. The maximum Gasteiger partial charge on any atom is 0.192 e. The summed E-state index contributed by atoms with van der Waals surface area (Å²) in [6, 6.07) is 0. The first-order valence-electron chi connectivity index (χ1n) is 8.89. The number of methoxy groups -OCH3 is 1. The van der Waals surface area contributed by atoms with Gasteiger partial charge in [-0.05, 0) is 42.7 Å². The molecule has 0 radical (unpaired) electrons. The van der Waals surface area contributed by atoms with Gasteiger partial charge in [-0.2, -0.15) is 0 Å². The summed E-state index contributed by atoms with van der Waals surface area (Å²) in [7, 11) is -2.21. The van der Waals surface area contributed by atoms with Gasteiger partial charge in [0.05, 0.1) is 6.10 Å².